The van der Waals surface area contributed by atoms with E-state index in [4.69, 9.17) is 4.74 Å². The van der Waals surface area contributed by atoms with Crippen LogP contribution in [0.1, 0.15) is 18.5 Å². The highest BCUT2D eigenvalue weighted by Gasteiger charge is 2.15. The first-order valence-corrected chi connectivity index (χ1v) is 6.08. The Morgan fingerprint density at radius 3 is 2.39 bits per heavy atom. The summed E-state index contributed by atoms with van der Waals surface area (Å²) in [6.45, 7) is 1.79. The Morgan fingerprint density at radius 2 is 1.78 bits per heavy atom. The second-order valence-electron chi connectivity index (χ2n) is 4.48. The van der Waals surface area contributed by atoms with Gasteiger partial charge in [0.1, 0.15) is 5.75 Å². The Bertz CT molecular complexity index is 537. The lowest BCUT2D eigenvalue weighted by Crippen LogP contribution is -2.26. The fraction of sp³-hybridized carbons (Fsp3) is 0.333. The third-order valence-electron chi connectivity index (χ3n) is 3.22. The van der Waals surface area contributed by atoms with E-state index in [1.807, 2.05) is 31.3 Å². The lowest BCUT2D eigenvalue weighted by Gasteiger charge is -2.20. The molecule has 0 spiro atoms. The Morgan fingerprint density at radius 1 is 1.11 bits per heavy atom. The second kappa shape index (κ2) is 5.38. The van der Waals surface area contributed by atoms with E-state index < -0.39 is 6.10 Å². The highest BCUT2D eigenvalue weighted by molar-refractivity contribution is 5.84. The first kappa shape index (κ1) is 12.9. The van der Waals surface area contributed by atoms with Crippen molar-refractivity contribution in [3.8, 4) is 5.75 Å². The number of nitrogens with one attached hydrogen (secondary N) is 1. The van der Waals surface area contributed by atoms with Crippen molar-refractivity contribution in [2.75, 3.05) is 14.2 Å². The van der Waals surface area contributed by atoms with Crippen LogP contribution in [0.25, 0.3) is 10.8 Å². The molecule has 0 amide bonds. The van der Waals surface area contributed by atoms with Crippen molar-refractivity contribution in [2.24, 2.45) is 0 Å². The largest absolute Gasteiger partial charge is 0.497 e. The molecule has 96 valence electrons. The van der Waals surface area contributed by atoms with Crippen LogP contribution in [-0.2, 0) is 0 Å². The number of benzene rings is 2. The van der Waals surface area contributed by atoms with Gasteiger partial charge in [-0.2, -0.15) is 0 Å². The van der Waals surface area contributed by atoms with Crippen LogP contribution < -0.4 is 10.1 Å². The Kier molecular flexibility index (Phi) is 3.84. The smallest absolute Gasteiger partial charge is 0.119 e. The maximum atomic E-state index is 9.74. The molecule has 0 radical (unpaired) electrons. The summed E-state index contributed by atoms with van der Waals surface area (Å²) in [7, 11) is 3.52. The van der Waals surface area contributed by atoms with Crippen molar-refractivity contribution in [3.63, 3.8) is 0 Å². The zero-order valence-electron chi connectivity index (χ0n) is 11.0. The van der Waals surface area contributed by atoms with Crippen LogP contribution in [0.15, 0.2) is 36.4 Å². The molecule has 0 bridgehead atoms. The molecule has 2 aromatic carbocycles. The number of hydrogen-bond donors (Lipinski definition) is 2. The predicted octanol–water partition coefficient (Wildman–Crippen LogP) is 2.49. The highest BCUT2D eigenvalue weighted by Crippen LogP contribution is 2.25. The number of hydrogen-bond acceptors (Lipinski definition) is 3. The van der Waals surface area contributed by atoms with Gasteiger partial charge in [-0.15, -0.1) is 0 Å². The summed E-state index contributed by atoms with van der Waals surface area (Å²) in [5.74, 6) is 0.857. The minimum absolute atomic E-state index is 0.0449. The molecule has 0 fully saturated rings. The quantitative estimate of drug-likeness (QED) is 0.869. The van der Waals surface area contributed by atoms with Gasteiger partial charge < -0.3 is 15.2 Å². The zero-order valence-corrected chi connectivity index (χ0v) is 11.0. The normalized spacial score (nSPS) is 14.4. The monoisotopic (exact) mass is 245 g/mol. The molecule has 0 aliphatic carbocycles. The summed E-state index contributed by atoms with van der Waals surface area (Å²) >= 11 is 0. The molecule has 2 atom stereocenters. The predicted molar refractivity (Wildman–Crippen MR) is 74.0 cm³/mol. The molecule has 0 saturated carbocycles. The number of aliphatic hydroxyl groups is 1. The van der Waals surface area contributed by atoms with E-state index in [1.165, 1.54) is 0 Å². The van der Waals surface area contributed by atoms with Crippen molar-refractivity contribution < 1.29 is 9.84 Å². The molecule has 2 unspecified atom stereocenters. The van der Waals surface area contributed by atoms with Crippen LogP contribution in [-0.4, -0.2) is 25.4 Å². The van der Waals surface area contributed by atoms with E-state index in [9.17, 15) is 5.11 Å². The first-order valence-electron chi connectivity index (χ1n) is 6.08. The molecule has 18 heavy (non-hydrogen) atoms. The van der Waals surface area contributed by atoms with Gasteiger partial charge in [-0.25, -0.2) is 0 Å². The van der Waals surface area contributed by atoms with Crippen molar-refractivity contribution >= 4 is 10.8 Å². The molecular formula is C15H19NO2. The molecule has 3 heteroatoms. The van der Waals surface area contributed by atoms with Gasteiger partial charge in [0.05, 0.1) is 19.3 Å². The van der Waals surface area contributed by atoms with E-state index in [0.717, 1.165) is 22.1 Å². The van der Waals surface area contributed by atoms with E-state index >= 15 is 0 Å². The summed E-state index contributed by atoms with van der Waals surface area (Å²) in [5, 5.41) is 15.2. The maximum absolute atomic E-state index is 9.74. The average Bonchev–Trinajstić information content (AvgIpc) is 2.38. The number of rotatable bonds is 4. The van der Waals surface area contributed by atoms with Gasteiger partial charge in [0.2, 0.25) is 0 Å². The summed E-state index contributed by atoms with van der Waals surface area (Å²) in [5.41, 5.74) is 1.09. The fourth-order valence-corrected chi connectivity index (χ4v) is 2.25. The van der Waals surface area contributed by atoms with Crippen molar-refractivity contribution in [2.45, 2.75) is 19.1 Å². The molecule has 2 aromatic rings. The van der Waals surface area contributed by atoms with Gasteiger partial charge in [0.25, 0.3) is 0 Å². The SMILES string of the molecule is CNC(c1ccc2cc(OC)ccc2c1)C(C)O. The fourth-order valence-electron chi connectivity index (χ4n) is 2.25. The van der Waals surface area contributed by atoms with E-state index in [-0.39, 0.29) is 6.04 Å². The highest BCUT2D eigenvalue weighted by atomic mass is 16.5. The van der Waals surface area contributed by atoms with Crippen LogP contribution in [0.5, 0.6) is 5.75 Å². The van der Waals surface area contributed by atoms with E-state index in [2.05, 4.69) is 17.4 Å². The van der Waals surface area contributed by atoms with Crippen LogP contribution >= 0.6 is 0 Å². The zero-order chi connectivity index (χ0) is 13.1. The molecule has 2 rings (SSSR count). The molecule has 3 nitrogen and oxygen atoms in total. The molecule has 0 aliphatic rings. The van der Waals surface area contributed by atoms with Gasteiger partial charge in [-0.05, 0) is 48.5 Å². The molecule has 0 aromatic heterocycles. The Hall–Kier alpha value is -1.58. The molecule has 0 saturated heterocycles. The van der Waals surface area contributed by atoms with Crippen molar-refractivity contribution in [1.82, 2.24) is 5.32 Å². The van der Waals surface area contributed by atoms with Gasteiger partial charge >= 0.3 is 0 Å². The maximum Gasteiger partial charge on any atom is 0.119 e. The minimum atomic E-state index is -0.425. The number of likely N-dealkylation sites (N-methyl/N-ethyl adjacent to an activating group) is 1. The second-order valence-corrected chi connectivity index (χ2v) is 4.48. The third-order valence-corrected chi connectivity index (χ3v) is 3.22. The number of aliphatic hydroxyl groups excluding tert-OH is 1. The van der Waals surface area contributed by atoms with Gasteiger partial charge in [-0.1, -0.05) is 18.2 Å². The number of ether oxygens (including phenoxy) is 1. The summed E-state index contributed by atoms with van der Waals surface area (Å²) in [6.07, 6.45) is -0.425. The average molecular weight is 245 g/mol. The van der Waals surface area contributed by atoms with Gasteiger partial charge in [0, 0.05) is 0 Å². The minimum Gasteiger partial charge on any atom is -0.497 e. The summed E-state index contributed by atoms with van der Waals surface area (Å²) in [4.78, 5) is 0. The topological polar surface area (TPSA) is 41.5 Å². The molecule has 0 heterocycles. The standard InChI is InChI=1S/C15H19NO2/c1-10(17)15(16-2)13-5-4-12-9-14(18-3)7-6-11(12)8-13/h4-10,15-17H,1-3H3. The lowest BCUT2D eigenvalue weighted by atomic mass is 9.99. The van der Waals surface area contributed by atoms with Crippen LogP contribution in [0.3, 0.4) is 0 Å². The molecule has 0 aliphatic heterocycles. The van der Waals surface area contributed by atoms with Gasteiger partial charge in [0.15, 0.2) is 0 Å². The number of methoxy groups -OCH3 is 1. The Balaban J connectivity index is 2.44. The Labute approximate surface area is 107 Å². The van der Waals surface area contributed by atoms with Crippen LogP contribution in [0.4, 0.5) is 0 Å². The number of fused-ring (bicyclic) bond motifs is 1. The first-order chi connectivity index (χ1) is 8.65. The molecular weight excluding hydrogens is 226 g/mol. The summed E-state index contributed by atoms with van der Waals surface area (Å²) in [6, 6.07) is 12.1. The van der Waals surface area contributed by atoms with Crippen molar-refractivity contribution in [1.29, 1.82) is 0 Å². The lowest BCUT2D eigenvalue weighted by molar-refractivity contribution is 0.150. The third kappa shape index (κ3) is 2.47. The summed E-state index contributed by atoms with van der Waals surface area (Å²) < 4.78 is 5.21. The van der Waals surface area contributed by atoms with E-state index in [0.29, 0.717) is 0 Å². The van der Waals surface area contributed by atoms with Crippen LogP contribution in [0, 0.1) is 0 Å². The van der Waals surface area contributed by atoms with Crippen molar-refractivity contribution in [3.05, 3.63) is 42.0 Å². The van der Waals surface area contributed by atoms with E-state index in [1.54, 1.807) is 14.0 Å². The molecule has 2 N–H and O–H groups in total. The van der Waals surface area contributed by atoms with Crippen LogP contribution in [0.2, 0.25) is 0 Å². The van der Waals surface area contributed by atoms with Gasteiger partial charge in [-0.3, -0.25) is 0 Å².